The van der Waals surface area contributed by atoms with Crippen molar-refractivity contribution in [3.05, 3.63) is 53.6 Å². The number of hydrogen-bond acceptors (Lipinski definition) is 8. The molecule has 0 radical (unpaired) electrons. The SMILES string of the molecule is C#Cc1cccc2cc(O)cc(-c3c(F)cc4c(N5CC6CCC(C5)N6C(=O)C(F)(F)F)nc(OCC5(CN6CC7COCC7C6)CC5)nc4c3F)c12. The minimum atomic E-state index is -5.02. The van der Waals surface area contributed by atoms with Crippen LogP contribution in [0.2, 0.25) is 0 Å². The number of amides is 1. The third-order valence-electron chi connectivity index (χ3n) is 11.8. The fraction of sp³-hybridized carbons (Fsp3) is 0.462. The minimum Gasteiger partial charge on any atom is -0.508 e. The maximum atomic E-state index is 17.0. The van der Waals surface area contributed by atoms with Crippen LogP contribution in [-0.4, -0.2) is 102 Å². The molecule has 1 amide bonds. The number of carbonyl (C=O) groups excluding carboxylic acids is 1. The van der Waals surface area contributed by atoms with Gasteiger partial charge in [0, 0.05) is 71.9 Å². The summed E-state index contributed by atoms with van der Waals surface area (Å²) in [4.78, 5) is 26.5. The molecule has 5 aliphatic rings. The van der Waals surface area contributed by atoms with Crippen LogP contribution in [0.4, 0.5) is 27.8 Å². The van der Waals surface area contributed by atoms with Gasteiger partial charge in [-0.25, -0.2) is 8.78 Å². The van der Waals surface area contributed by atoms with Gasteiger partial charge in [0.1, 0.15) is 22.9 Å². The van der Waals surface area contributed by atoms with Crippen molar-refractivity contribution >= 4 is 33.4 Å². The standard InChI is InChI=1S/C39H36F5N5O4/c1-2-21-4-3-5-22-10-27(50)11-28(31(21)22)32-30(40)12-29-34(33(32)41)45-37(53-20-38(8-9-38)19-47-13-23-17-52-18-24(23)14-47)46-35(29)48-15-25-6-7-26(16-48)49(25)36(51)39(42,43)44/h1,3-5,10-12,23-26,50H,6-9,13-20H2. The lowest BCUT2D eigenvalue weighted by Crippen LogP contribution is -2.59. The van der Waals surface area contributed by atoms with E-state index in [2.05, 4.69) is 20.8 Å². The van der Waals surface area contributed by atoms with Crippen LogP contribution in [-0.2, 0) is 9.53 Å². The van der Waals surface area contributed by atoms with E-state index >= 15 is 8.78 Å². The van der Waals surface area contributed by atoms with E-state index in [4.69, 9.17) is 15.9 Å². The van der Waals surface area contributed by atoms with Gasteiger partial charge < -0.3 is 29.3 Å². The van der Waals surface area contributed by atoms with Crippen LogP contribution in [0.25, 0.3) is 32.8 Å². The van der Waals surface area contributed by atoms with Gasteiger partial charge >= 0.3 is 18.1 Å². The highest BCUT2D eigenvalue weighted by Crippen LogP contribution is 2.48. The van der Waals surface area contributed by atoms with E-state index in [1.165, 1.54) is 12.1 Å². The minimum absolute atomic E-state index is 0.000286. The molecule has 4 aliphatic heterocycles. The number of carbonyl (C=O) groups is 1. The highest BCUT2D eigenvalue weighted by molar-refractivity contribution is 6.04. The van der Waals surface area contributed by atoms with Gasteiger partial charge in [-0.1, -0.05) is 18.1 Å². The van der Waals surface area contributed by atoms with Crippen molar-refractivity contribution in [2.24, 2.45) is 17.3 Å². The Morgan fingerprint density at radius 3 is 2.42 bits per heavy atom. The molecule has 4 saturated heterocycles. The normalized spacial score (nSPS) is 24.9. The van der Waals surface area contributed by atoms with Gasteiger partial charge in [-0.3, -0.25) is 4.79 Å². The molecule has 53 heavy (non-hydrogen) atoms. The zero-order valence-electron chi connectivity index (χ0n) is 28.6. The first-order chi connectivity index (χ1) is 25.4. The maximum absolute atomic E-state index is 17.0. The Kier molecular flexibility index (Phi) is 7.98. The maximum Gasteiger partial charge on any atom is 0.471 e. The topological polar surface area (TPSA) is 91.3 Å². The molecule has 3 aromatic carbocycles. The summed E-state index contributed by atoms with van der Waals surface area (Å²) in [6.07, 6.45) is 3.31. The highest BCUT2D eigenvalue weighted by atomic mass is 19.4. The second kappa shape index (κ2) is 12.4. The molecule has 1 N–H and O–H groups in total. The molecule has 4 unspecified atom stereocenters. The number of fused-ring (bicyclic) bond motifs is 5. The number of alkyl halides is 3. The van der Waals surface area contributed by atoms with Gasteiger partial charge in [-0.05, 0) is 55.3 Å². The average molecular weight is 734 g/mol. The van der Waals surface area contributed by atoms with Crippen molar-refractivity contribution < 1.29 is 41.3 Å². The fourth-order valence-electron chi connectivity index (χ4n) is 9.13. The zero-order chi connectivity index (χ0) is 36.8. The number of nitrogens with zero attached hydrogens (tertiary/aromatic N) is 5. The molecule has 4 aromatic rings. The number of anilines is 1. The molecule has 0 spiro atoms. The summed E-state index contributed by atoms with van der Waals surface area (Å²) in [5.74, 6) is -0.408. The summed E-state index contributed by atoms with van der Waals surface area (Å²) in [5.41, 5.74) is -0.453. The lowest BCUT2D eigenvalue weighted by atomic mass is 9.93. The number of benzene rings is 3. The number of hydrogen-bond donors (Lipinski definition) is 1. The van der Waals surface area contributed by atoms with Crippen LogP contribution in [0.15, 0.2) is 36.4 Å². The predicted octanol–water partition coefficient (Wildman–Crippen LogP) is 5.89. The number of halogens is 5. The quantitative estimate of drug-likeness (QED) is 0.186. The number of rotatable bonds is 7. The number of likely N-dealkylation sites (tertiary alicyclic amines) is 1. The van der Waals surface area contributed by atoms with Crippen LogP contribution in [0.1, 0.15) is 31.2 Å². The Morgan fingerprint density at radius 2 is 1.75 bits per heavy atom. The Hall–Kier alpha value is -4.74. The first-order valence-corrected chi connectivity index (χ1v) is 17.9. The summed E-state index contributed by atoms with van der Waals surface area (Å²) in [6.45, 7) is 4.50. The molecule has 14 heteroatoms. The molecule has 9 rings (SSSR count). The van der Waals surface area contributed by atoms with E-state index in [0.717, 1.165) is 56.7 Å². The monoisotopic (exact) mass is 733 g/mol. The molecule has 2 bridgehead atoms. The van der Waals surface area contributed by atoms with E-state index in [1.807, 2.05) is 0 Å². The summed E-state index contributed by atoms with van der Waals surface area (Å²) < 4.78 is 86.0. The molecule has 5 fully saturated rings. The molecule has 276 valence electrons. The number of aromatic hydroxyl groups is 1. The smallest absolute Gasteiger partial charge is 0.471 e. The van der Waals surface area contributed by atoms with Crippen LogP contribution >= 0.6 is 0 Å². The van der Waals surface area contributed by atoms with Crippen molar-refractivity contribution in [3.8, 4) is 35.2 Å². The Labute approximate surface area is 301 Å². The largest absolute Gasteiger partial charge is 0.508 e. The van der Waals surface area contributed by atoms with Gasteiger partial charge in [0.2, 0.25) is 0 Å². The lowest BCUT2D eigenvalue weighted by Gasteiger charge is -2.42. The second-order valence-corrected chi connectivity index (χ2v) is 15.4. The molecule has 1 aromatic heterocycles. The van der Waals surface area contributed by atoms with Crippen LogP contribution < -0.4 is 9.64 Å². The summed E-state index contributed by atoms with van der Waals surface area (Å²) in [5, 5.41) is 11.4. The third kappa shape index (κ3) is 5.88. The van der Waals surface area contributed by atoms with Crippen LogP contribution in [0.3, 0.4) is 0 Å². The van der Waals surface area contributed by atoms with Crippen molar-refractivity contribution in [2.75, 3.05) is 57.4 Å². The van der Waals surface area contributed by atoms with Gasteiger partial charge in [0.25, 0.3) is 0 Å². The molecule has 9 nitrogen and oxygen atoms in total. The highest BCUT2D eigenvalue weighted by Gasteiger charge is 2.52. The molecule has 1 saturated carbocycles. The van der Waals surface area contributed by atoms with Crippen LogP contribution in [0, 0.1) is 41.2 Å². The van der Waals surface area contributed by atoms with Crippen molar-refractivity contribution in [2.45, 2.75) is 43.9 Å². The molecular weight excluding hydrogens is 697 g/mol. The van der Waals surface area contributed by atoms with E-state index in [9.17, 15) is 23.1 Å². The van der Waals surface area contributed by atoms with E-state index in [-0.39, 0.29) is 59.2 Å². The number of phenols is 1. The van der Waals surface area contributed by atoms with Gasteiger partial charge in [0.05, 0.1) is 37.5 Å². The van der Waals surface area contributed by atoms with E-state index in [1.54, 1.807) is 23.1 Å². The molecule has 5 heterocycles. The Balaban J connectivity index is 1.11. The van der Waals surface area contributed by atoms with Crippen molar-refractivity contribution in [1.82, 2.24) is 19.8 Å². The molecular formula is C39H36F5N5O4. The average Bonchev–Trinajstić information content (AvgIpc) is 3.42. The van der Waals surface area contributed by atoms with Crippen molar-refractivity contribution in [3.63, 3.8) is 0 Å². The zero-order valence-corrected chi connectivity index (χ0v) is 28.6. The summed E-state index contributed by atoms with van der Waals surface area (Å²) in [6, 6.07) is 7.12. The van der Waals surface area contributed by atoms with Gasteiger partial charge in [0.15, 0.2) is 5.82 Å². The van der Waals surface area contributed by atoms with E-state index < -0.39 is 41.4 Å². The summed E-state index contributed by atoms with van der Waals surface area (Å²) in [7, 11) is 0. The molecule has 1 aliphatic carbocycles. The van der Waals surface area contributed by atoms with Gasteiger partial charge in [-0.2, -0.15) is 23.1 Å². The number of terminal acetylenes is 1. The molecule has 4 atom stereocenters. The number of aromatic nitrogens is 2. The predicted molar refractivity (Wildman–Crippen MR) is 185 cm³/mol. The van der Waals surface area contributed by atoms with Gasteiger partial charge in [-0.15, -0.1) is 6.42 Å². The number of piperazine rings is 1. The lowest BCUT2D eigenvalue weighted by molar-refractivity contribution is -0.188. The fourth-order valence-corrected chi connectivity index (χ4v) is 9.13. The van der Waals surface area contributed by atoms with Crippen molar-refractivity contribution in [1.29, 1.82) is 0 Å². The number of ether oxygens (including phenoxy) is 2. The Bertz CT molecular complexity index is 2180. The summed E-state index contributed by atoms with van der Waals surface area (Å²) >= 11 is 0. The third-order valence-corrected chi connectivity index (χ3v) is 11.8. The number of phenolic OH excluding ortho intramolecular Hbond substituents is 1. The Morgan fingerprint density at radius 1 is 1.04 bits per heavy atom. The van der Waals surface area contributed by atoms with E-state index in [0.29, 0.717) is 41.0 Å². The second-order valence-electron chi connectivity index (χ2n) is 15.4. The first-order valence-electron chi connectivity index (χ1n) is 17.9. The first kappa shape index (κ1) is 34.1. The van der Waals surface area contributed by atoms with Crippen LogP contribution in [0.5, 0.6) is 11.8 Å².